The summed E-state index contributed by atoms with van der Waals surface area (Å²) in [6.07, 6.45) is 0. The fourth-order valence-electron chi connectivity index (χ4n) is 1.51. The summed E-state index contributed by atoms with van der Waals surface area (Å²) < 4.78 is 0.995. The third-order valence-electron chi connectivity index (χ3n) is 2.37. The summed E-state index contributed by atoms with van der Waals surface area (Å²) in [5, 5.41) is 3.10. The zero-order valence-electron chi connectivity index (χ0n) is 9.19. The quantitative estimate of drug-likeness (QED) is 0.869. The highest BCUT2D eigenvalue weighted by Gasteiger charge is 2.04. The number of carbonyl (C=O) groups excluding carboxylic acids is 1. The van der Waals surface area contributed by atoms with Gasteiger partial charge in [-0.1, -0.05) is 52.3 Å². The summed E-state index contributed by atoms with van der Waals surface area (Å²) in [6.45, 7) is 0.306. The molecule has 0 spiro atoms. The van der Waals surface area contributed by atoms with Crippen molar-refractivity contribution >= 4 is 27.4 Å². The van der Waals surface area contributed by atoms with Gasteiger partial charge in [0, 0.05) is 15.7 Å². The number of Topliss-reactive ketones (excluding diaryl/α,β-unsaturated/α-hetero) is 1. The molecular weight excluding hydrogens is 278 g/mol. The average molecular weight is 290 g/mol. The van der Waals surface area contributed by atoms with Crippen LogP contribution in [0.15, 0.2) is 59.1 Å². The Labute approximate surface area is 109 Å². The number of hydrogen-bond donors (Lipinski definition) is 1. The maximum absolute atomic E-state index is 11.8. The lowest BCUT2D eigenvalue weighted by Crippen LogP contribution is -2.13. The van der Waals surface area contributed by atoms with Crippen molar-refractivity contribution in [3.05, 3.63) is 64.6 Å². The van der Waals surface area contributed by atoms with Gasteiger partial charge in [-0.25, -0.2) is 0 Å². The van der Waals surface area contributed by atoms with Crippen LogP contribution in [0.1, 0.15) is 10.4 Å². The van der Waals surface area contributed by atoms with Gasteiger partial charge in [-0.15, -0.1) is 0 Å². The van der Waals surface area contributed by atoms with Crippen LogP contribution in [0.2, 0.25) is 0 Å². The standard InChI is InChI=1S/C14H12BrNO/c15-12-7-4-8-13(9-12)16-10-14(17)11-5-2-1-3-6-11/h1-9,16H,10H2. The van der Waals surface area contributed by atoms with E-state index in [4.69, 9.17) is 0 Å². The second kappa shape index (κ2) is 5.64. The second-order valence-electron chi connectivity index (χ2n) is 3.65. The van der Waals surface area contributed by atoms with E-state index in [1.165, 1.54) is 0 Å². The molecule has 0 unspecified atom stereocenters. The first kappa shape index (κ1) is 11.9. The summed E-state index contributed by atoms with van der Waals surface area (Å²) in [5.74, 6) is 0.0885. The number of benzene rings is 2. The number of anilines is 1. The largest absolute Gasteiger partial charge is 0.378 e. The van der Waals surface area contributed by atoms with Crippen molar-refractivity contribution in [3.63, 3.8) is 0 Å². The number of nitrogens with one attached hydrogen (secondary N) is 1. The van der Waals surface area contributed by atoms with Crippen molar-refractivity contribution < 1.29 is 4.79 Å². The highest BCUT2D eigenvalue weighted by Crippen LogP contribution is 2.15. The molecule has 0 saturated heterocycles. The summed E-state index contributed by atoms with van der Waals surface area (Å²) in [6, 6.07) is 17.0. The lowest BCUT2D eigenvalue weighted by atomic mass is 10.1. The van der Waals surface area contributed by atoms with E-state index in [1.807, 2.05) is 54.6 Å². The Kier molecular flexibility index (Phi) is 3.94. The Morgan fingerprint density at radius 3 is 2.53 bits per heavy atom. The molecule has 0 atom stereocenters. The van der Waals surface area contributed by atoms with E-state index < -0.39 is 0 Å². The fourth-order valence-corrected chi connectivity index (χ4v) is 1.91. The number of hydrogen-bond acceptors (Lipinski definition) is 2. The molecule has 2 rings (SSSR count). The van der Waals surface area contributed by atoms with Gasteiger partial charge in [0.25, 0.3) is 0 Å². The zero-order valence-corrected chi connectivity index (χ0v) is 10.8. The first-order valence-electron chi connectivity index (χ1n) is 5.33. The third kappa shape index (κ3) is 3.43. The lowest BCUT2D eigenvalue weighted by Gasteiger charge is -2.06. The van der Waals surface area contributed by atoms with Gasteiger partial charge in [0.05, 0.1) is 6.54 Å². The minimum Gasteiger partial charge on any atom is -0.378 e. The molecule has 0 aromatic heterocycles. The van der Waals surface area contributed by atoms with Crippen molar-refractivity contribution in [1.29, 1.82) is 0 Å². The van der Waals surface area contributed by atoms with Crippen LogP contribution in [-0.2, 0) is 0 Å². The van der Waals surface area contributed by atoms with E-state index in [2.05, 4.69) is 21.2 Å². The molecule has 0 saturated carbocycles. The molecule has 17 heavy (non-hydrogen) atoms. The minimum atomic E-state index is 0.0885. The average Bonchev–Trinajstić information content (AvgIpc) is 2.37. The lowest BCUT2D eigenvalue weighted by molar-refractivity contribution is 0.101. The molecule has 0 fully saturated rings. The Morgan fingerprint density at radius 1 is 1.06 bits per heavy atom. The molecule has 3 heteroatoms. The van der Waals surface area contributed by atoms with Crippen LogP contribution in [0.25, 0.3) is 0 Å². The SMILES string of the molecule is O=C(CNc1cccc(Br)c1)c1ccccc1. The predicted octanol–water partition coefficient (Wildman–Crippen LogP) is 3.74. The van der Waals surface area contributed by atoms with Gasteiger partial charge in [0.1, 0.15) is 0 Å². The maximum atomic E-state index is 11.8. The summed E-state index contributed by atoms with van der Waals surface area (Å²) in [7, 11) is 0. The Hall–Kier alpha value is -1.61. The molecule has 86 valence electrons. The molecule has 1 N–H and O–H groups in total. The van der Waals surface area contributed by atoms with E-state index in [-0.39, 0.29) is 5.78 Å². The van der Waals surface area contributed by atoms with Gasteiger partial charge >= 0.3 is 0 Å². The fraction of sp³-hybridized carbons (Fsp3) is 0.0714. The van der Waals surface area contributed by atoms with Gasteiger partial charge in [-0.2, -0.15) is 0 Å². The second-order valence-corrected chi connectivity index (χ2v) is 4.57. The highest BCUT2D eigenvalue weighted by molar-refractivity contribution is 9.10. The van der Waals surface area contributed by atoms with Crippen LogP contribution in [0.3, 0.4) is 0 Å². The summed E-state index contributed by atoms with van der Waals surface area (Å²) >= 11 is 3.39. The van der Waals surface area contributed by atoms with Crippen molar-refractivity contribution in [1.82, 2.24) is 0 Å². The molecular formula is C14H12BrNO. The number of halogens is 1. The molecule has 0 amide bonds. The topological polar surface area (TPSA) is 29.1 Å². The van der Waals surface area contributed by atoms with Crippen molar-refractivity contribution in [2.24, 2.45) is 0 Å². The van der Waals surface area contributed by atoms with E-state index in [9.17, 15) is 4.79 Å². The van der Waals surface area contributed by atoms with Crippen molar-refractivity contribution in [2.45, 2.75) is 0 Å². The van der Waals surface area contributed by atoms with E-state index >= 15 is 0 Å². The Balaban J connectivity index is 1.97. The third-order valence-corrected chi connectivity index (χ3v) is 2.87. The molecule has 0 aliphatic heterocycles. The molecule has 0 bridgehead atoms. The monoisotopic (exact) mass is 289 g/mol. The zero-order chi connectivity index (χ0) is 12.1. The van der Waals surface area contributed by atoms with Gasteiger partial charge in [0.2, 0.25) is 0 Å². The molecule has 0 radical (unpaired) electrons. The normalized spacial score (nSPS) is 9.94. The summed E-state index contributed by atoms with van der Waals surface area (Å²) in [5.41, 5.74) is 1.67. The maximum Gasteiger partial charge on any atom is 0.181 e. The molecule has 2 nitrogen and oxygen atoms in total. The number of rotatable bonds is 4. The smallest absolute Gasteiger partial charge is 0.181 e. The van der Waals surface area contributed by atoms with Crippen molar-refractivity contribution in [2.75, 3.05) is 11.9 Å². The van der Waals surface area contributed by atoms with Gasteiger partial charge in [-0.3, -0.25) is 4.79 Å². The van der Waals surface area contributed by atoms with Crippen LogP contribution in [0, 0.1) is 0 Å². The van der Waals surface area contributed by atoms with Crippen LogP contribution in [0.5, 0.6) is 0 Å². The number of ketones is 1. The van der Waals surface area contributed by atoms with Gasteiger partial charge < -0.3 is 5.32 Å². The van der Waals surface area contributed by atoms with Crippen LogP contribution in [0.4, 0.5) is 5.69 Å². The Bertz CT molecular complexity index is 511. The first-order chi connectivity index (χ1) is 8.25. The molecule has 0 heterocycles. The van der Waals surface area contributed by atoms with E-state index in [0.717, 1.165) is 15.7 Å². The van der Waals surface area contributed by atoms with Crippen LogP contribution >= 0.6 is 15.9 Å². The molecule has 2 aromatic rings. The number of carbonyl (C=O) groups is 1. The summed E-state index contributed by atoms with van der Waals surface area (Å²) in [4.78, 5) is 11.8. The highest BCUT2D eigenvalue weighted by atomic mass is 79.9. The van der Waals surface area contributed by atoms with Gasteiger partial charge in [-0.05, 0) is 18.2 Å². The van der Waals surface area contributed by atoms with Crippen LogP contribution in [-0.4, -0.2) is 12.3 Å². The molecule has 2 aromatic carbocycles. The van der Waals surface area contributed by atoms with E-state index in [1.54, 1.807) is 0 Å². The van der Waals surface area contributed by atoms with E-state index in [0.29, 0.717) is 6.54 Å². The minimum absolute atomic E-state index is 0.0885. The Morgan fingerprint density at radius 2 is 1.82 bits per heavy atom. The predicted molar refractivity (Wildman–Crippen MR) is 73.4 cm³/mol. The molecule has 0 aliphatic rings. The van der Waals surface area contributed by atoms with Crippen LogP contribution < -0.4 is 5.32 Å². The first-order valence-corrected chi connectivity index (χ1v) is 6.13. The van der Waals surface area contributed by atoms with Crippen molar-refractivity contribution in [3.8, 4) is 0 Å². The van der Waals surface area contributed by atoms with Gasteiger partial charge in [0.15, 0.2) is 5.78 Å². The molecule has 0 aliphatic carbocycles.